The van der Waals surface area contributed by atoms with Crippen LogP contribution in [0, 0.1) is 0 Å². The predicted octanol–water partition coefficient (Wildman–Crippen LogP) is 0.977. The number of nitrogens with zero attached hydrogens (tertiary/aromatic N) is 2. The van der Waals surface area contributed by atoms with E-state index in [0.29, 0.717) is 0 Å². The minimum absolute atomic E-state index is 0.0221. The molecular formula is C9H15N3OS. The van der Waals surface area contributed by atoms with Gasteiger partial charge in [-0.2, -0.15) is 0 Å². The highest BCUT2D eigenvalue weighted by Crippen LogP contribution is 2.28. The van der Waals surface area contributed by atoms with Crippen molar-refractivity contribution in [1.82, 2.24) is 9.59 Å². The van der Waals surface area contributed by atoms with Gasteiger partial charge in [0.15, 0.2) is 0 Å². The summed E-state index contributed by atoms with van der Waals surface area (Å²) in [6, 6.07) is 0.0221. The summed E-state index contributed by atoms with van der Waals surface area (Å²) in [6.07, 6.45) is 2.91. The van der Waals surface area contributed by atoms with Gasteiger partial charge in [-0.05, 0) is 31.3 Å². The molecule has 1 saturated heterocycles. The third-order valence-electron chi connectivity index (χ3n) is 2.87. The van der Waals surface area contributed by atoms with Gasteiger partial charge in [0.25, 0.3) is 0 Å². The van der Waals surface area contributed by atoms with Crippen molar-refractivity contribution >= 4 is 11.5 Å². The zero-order valence-electron chi connectivity index (χ0n) is 8.27. The lowest BCUT2D eigenvalue weighted by atomic mass is 9.91. The van der Waals surface area contributed by atoms with E-state index in [2.05, 4.69) is 16.5 Å². The molecular weight excluding hydrogens is 198 g/mol. The molecule has 0 aliphatic carbocycles. The Morgan fingerprint density at radius 3 is 3.21 bits per heavy atom. The van der Waals surface area contributed by atoms with Crippen LogP contribution >= 0.6 is 11.5 Å². The zero-order valence-corrected chi connectivity index (χ0v) is 9.09. The molecule has 0 amide bonds. The minimum atomic E-state index is -0.163. The Bertz CT molecular complexity index is 282. The lowest BCUT2D eigenvalue weighted by Gasteiger charge is -2.29. The van der Waals surface area contributed by atoms with Crippen molar-refractivity contribution in [2.75, 3.05) is 6.61 Å². The van der Waals surface area contributed by atoms with E-state index in [1.54, 1.807) is 0 Å². The first kappa shape index (κ1) is 10.0. The highest BCUT2D eigenvalue weighted by atomic mass is 32.1. The fraction of sp³-hybridized carbons (Fsp3) is 0.778. The molecule has 4 nitrogen and oxygen atoms in total. The molecule has 78 valence electrons. The van der Waals surface area contributed by atoms with E-state index in [1.807, 2.05) is 5.38 Å². The minimum Gasteiger partial charge on any atom is -0.374 e. The summed E-state index contributed by atoms with van der Waals surface area (Å²) in [5.74, 6) is 0. The highest BCUT2D eigenvalue weighted by Gasteiger charge is 2.36. The Morgan fingerprint density at radius 2 is 2.64 bits per heavy atom. The van der Waals surface area contributed by atoms with Crippen LogP contribution in [-0.4, -0.2) is 27.8 Å². The van der Waals surface area contributed by atoms with Gasteiger partial charge in [0.05, 0.1) is 11.3 Å². The first-order valence-electron chi connectivity index (χ1n) is 4.86. The molecule has 2 unspecified atom stereocenters. The Morgan fingerprint density at radius 1 is 1.79 bits per heavy atom. The molecule has 1 aliphatic heterocycles. The van der Waals surface area contributed by atoms with Crippen molar-refractivity contribution in [1.29, 1.82) is 0 Å². The lowest BCUT2D eigenvalue weighted by molar-refractivity contribution is -0.00112. The SMILES string of the molecule is CC1(C(N)Cc2csnn2)CCCO1. The van der Waals surface area contributed by atoms with Gasteiger partial charge in [0.1, 0.15) is 0 Å². The van der Waals surface area contributed by atoms with Crippen LogP contribution in [-0.2, 0) is 11.2 Å². The van der Waals surface area contributed by atoms with Crippen LogP contribution in [0.1, 0.15) is 25.5 Å². The van der Waals surface area contributed by atoms with Crippen LogP contribution in [0.25, 0.3) is 0 Å². The molecule has 14 heavy (non-hydrogen) atoms. The normalized spacial score (nSPS) is 29.3. The molecule has 1 fully saturated rings. The summed E-state index contributed by atoms with van der Waals surface area (Å²) in [5, 5.41) is 5.93. The van der Waals surface area contributed by atoms with Gasteiger partial charge in [0, 0.05) is 24.4 Å². The van der Waals surface area contributed by atoms with Gasteiger partial charge in [0.2, 0.25) is 0 Å². The van der Waals surface area contributed by atoms with E-state index in [4.69, 9.17) is 10.5 Å². The second kappa shape index (κ2) is 3.92. The molecule has 2 atom stereocenters. The smallest absolute Gasteiger partial charge is 0.0809 e. The molecule has 1 aromatic rings. The monoisotopic (exact) mass is 213 g/mol. The van der Waals surface area contributed by atoms with Crippen LogP contribution in [0.2, 0.25) is 0 Å². The van der Waals surface area contributed by atoms with Gasteiger partial charge in [-0.1, -0.05) is 4.49 Å². The van der Waals surface area contributed by atoms with Gasteiger partial charge < -0.3 is 10.5 Å². The molecule has 0 saturated carbocycles. The number of hydrogen-bond donors (Lipinski definition) is 1. The first-order valence-corrected chi connectivity index (χ1v) is 5.70. The molecule has 5 heteroatoms. The number of ether oxygens (including phenoxy) is 1. The topological polar surface area (TPSA) is 61.0 Å². The van der Waals surface area contributed by atoms with E-state index in [1.165, 1.54) is 11.5 Å². The highest BCUT2D eigenvalue weighted by molar-refractivity contribution is 7.03. The maximum Gasteiger partial charge on any atom is 0.0809 e. The Kier molecular flexibility index (Phi) is 2.80. The number of hydrogen-bond acceptors (Lipinski definition) is 5. The third kappa shape index (κ3) is 1.94. The van der Waals surface area contributed by atoms with Crippen molar-refractivity contribution < 1.29 is 4.74 Å². The maximum atomic E-state index is 6.12. The Balaban J connectivity index is 1.98. The average Bonchev–Trinajstić information content (AvgIpc) is 2.76. The van der Waals surface area contributed by atoms with E-state index in [-0.39, 0.29) is 11.6 Å². The van der Waals surface area contributed by atoms with E-state index >= 15 is 0 Å². The summed E-state index contributed by atoms with van der Waals surface area (Å²) in [5.41, 5.74) is 6.92. The standard InChI is InChI=1S/C9H15N3OS/c1-9(3-2-4-13-9)8(10)5-7-6-14-12-11-7/h6,8H,2-5,10H2,1H3. The fourth-order valence-corrected chi connectivity index (χ4v) is 2.27. The largest absolute Gasteiger partial charge is 0.374 e. The molecule has 1 aromatic heterocycles. The molecule has 0 aromatic carbocycles. The molecule has 1 aliphatic rings. The van der Waals surface area contributed by atoms with Gasteiger partial charge in [-0.15, -0.1) is 5.10 Å². The van der Waals surface area contributed by atoms with Gasteiger partial charge >= 0.3 is 0 Å². The van der Waals surface area contributed by atoms with E-state index in [0.717, 1.165) is 31.6 Å². The summed E-state index contributed by atoms with van der Waals surface area (Å²) in [6.45, 7) is 2.92. The Hall–Kier alpha value is -0.520. The van der Waals surface area contributed by atoms with E-state index < -0.39 is 0 Å². The number of aromatic nitrogens is 2. The summed E-state index contributed by atoms with van der Waals surface area (Å²) >= 11 is 1.37. The predicted molar refractivity (Wildman–Crippen MR) is 55.2 cm³/mol. The Labute approximate surface area is 87.6 Å². The second-order valence-corrected chi connectivity index (χ2v) is 4.58. The first-order chi connectivity index (χ1) is 6.71. The maximum absolute atomic E-state index is 6.12. The summed E-state index contributed by atoms with van der Waals surface area (Å²) < 4.78 is 9.50. The van der Waals surface area contributed by atoms with Crippen LogP contribution in [0.4, 0.5) is 0 Å². The van der Waals surface area contributed by atoms with E-state index in [9.17, 15) is 0 Å². The van der Waals surface area contributed by atoms with Crippen LogP contribution in [0.15, 0.2) is 5.38 Å². The fourth-order valence-electron chi connectivity index (χ4n) is 1.81. The molecule has 2 rings (SSSR count). The number of rotatable bonds is 3. The quantitative estimate of drug-likeness (QED) is 0.813. The molecule has 0 radical (unpaired) electrons. The summed E-state index contributed by atoms with van der Waals surface area (Å²) in [4.78, 5) is 0. The van der Waals surface area contributed by atoms with Crippen molar-refractivity contribution in [2.24, 2.45) is 5.73 Å². The van der Waals surface area contributed by atoms with Crippen molar-refractivity contribution in [3.05, 3.63) is 11.1 Å². The second-order valence-electron chi connectivity index (χ2n) is 3.97. The van der Waals surface area contributed by atoms with Crippen LogP contribution in [0.5, 0.6) is 0 Å². The van der Waals surface area contributed by atoms with Gasteiger partial charge in [-0.25, -0.2) is 0 Å². The molecule has 2 N–H and O–H groups in total. The third-order valence-corrected chi connectivity index (χ3v) is 3.42. The molecule has 0 bridgehead atoms. The average molecular weight is 213 g/mol. The van der Waals surface area contributed by atoms with Crippen LogP contribution in [0.3, 0.4) is 0 Å². The van der Waals surface area contributed by atoms with Gasteiger partial charge in [-0.3, -0.25) is 0 Å². The lowest BCUT2D eigenvalue weighted by Crippen LogP contribution is -2.46. The molecule has 0 spiro atoms. The van der Waals surface area contributed by atoms with Crippen LogP contribution < -0.4 is 5.73 Å². The molecule has 2 heterocycles. The number of nitrogens with two attached hydrogens (primary N) is 1. The van der Waals surface area contributed by atoms with Crippen molar-refractivity contribution in [3.63, 3.8) is 0 Å². The van der Waals surface area contributed by atoms with Crippen molar-refractivity contribution in [3.8, 4) is 0 Å². The summed E-state index contributed by atoms with van der Waals surface area (Å²) in [7, 11) is 0. The van der Waals surface area contributed by atoms with Crippen molar-refractivity contribution in [2.45, 2.75) is 37.8 Å². The zero-order chi connectivity index (χ0) is 10.0.